The van der Waals surface area contributed by atoms with Gasteiger partial charge in [0.25, 0.3) is 5.78 Å². The van der Waals surface area contributed by atoms with Crippen LogP contribution < -0.4 is 9.64 Å². The molecule has 10 heteroatoms. The van der Waals surface area contributed by atoms with Crippen LogP contribution in [0.3, 0.4) is 0 Å². The van der Waals surface area contributed by atoms with E-state index in [4.69, 9.17) is 9.47 Å². The number of carbonyl (C=O) groups is 3. The van der Waals surface area contributed by atoms with Gasteiger partial charge in [-0.25, -0.2) is 14.2 Å². The van der Waals surface area contributed by atoms with Crippen molar-refractivity contribution in [2.45, 2.75) is 26.8 Å². The van der Waals surface area contributed by atoms with Crippen LogP contribution in [0.4, 0.5) is 9.52 Å². The predicted octanol–water partition coefficient (Wildman–Crippen LogP) is 4.71. The van der Waals surface area contributed by atoms with Crippen LogP contribution in [0.2, 0.25) is 0 Å². The molecule has 0 saturated carbocycles. The van der Waals surface area contributed by atoms with Crippen molar-refractivity contribution < 1.29 is 33.4 Å². The molecular weight excluding hydrogens is 487 g/mol. The first-order valence-corrected chi connectivity index (χ1v) is 11.9. The summed E-state index contributed by atoms with van der Waals surface area (Å²) in [5, 5.41) is 11.3. The van der Waals surface area contributed by atoms with Gasteiger partial charge in [-0.1, -0.05) is 23.5 Å². The molecule has 2 aromatic carbocycles. The molecule has 0 unspecified atom stereocenters. The minimum Gasteiger partial charge on any atom is -0.507 e. The van der Waals surface area contributed by atoms with Crippen LogP contribution in [0, 0.1) is 19.7 Å². The van der Waals surface area contributed by atoms with E-state index in [9.17, 15) is 23.9 Å². The highest BCUT2D eigenvalue weighted by atomic mass is 32.1. The molecule has 1 saturated heterocycles. The Morgan fingerprint density at radius 1 is 1.17 bits per heavy atom. The van der Waals surface area contributed by atoms with E-state index in [0.717, 1.165) is 16.2 Å². The maximum absolute atomic E-state index is 13.7. The molecule has 3 aromatic rings. The highest BCUT2D eigenvalue weighted by Crippen LogP contribution is 2.44. The fraction of sp³-hybridized carbons (Fsp3) is 0.231. The Bertz CT molecular complexity index is 1400. The average molecular weight is 511 g/mol. The van der Waals surface area contributed by atoms with Gasteiger partial charge in [-0.15, -0.1) is 0 Å². The zero-order valence-corrected chi connectivity index (χ0v) is 20.8. The quantitative estimate of drug-likeness (QED) is 0.222. The third kappa shape index (κ3) is 4.35. The molecule has 0 bridgehead atoms. The molecule has 36 heavy (non-hydrogen) atoms. The van der Waals surface area contributed by atoms with Gasteiger partial charge in [0.2, 0.25) is 0 Å². The summed E-state index contributed by atoms with van der Waals surface area (Å²) in [5.41, 5.74) is 1.55. The number of esters is 1. The number of carbonyl (C=O) groups excluding carboxylic acids is 3. The molecule has 1 atom stereocenters. The predicted molar refractivity (Wildman–Crippen MR) is 132 cm³/mol. The molecule has 1 aromatic heterocycles. The maximum Gasteiger partial charge on any atom is 0.350 e. The summed E-state index contributed by atoms with van der Waals surface area (Å²) in [6.07, 6.45) is 0. The summed E-state index contributed by atoms with van der Waals surface area (Å²) in [6.45, 7) is 5.20. The maximum atomic E-state index is 13.7. The van der Waals surface area contributed by atoms with Crippen molar-refractivity contribution in [3.05, 3.63) is 81.1 Å². The van der Waals surface area contributed by atoms with E-state index in [2.05, 4.69) is 4.98 Å². The lowest BCUT2D eigenvalue weighted by Crippen LogP contribution is -2.29. The average Bonchev–Trinajstić information content (AvgIpc) is 3.36. The van der Waals surface area contributed by atoms with E-state index in [1.807, 2.05) is 0 Å². The van der Waals surface area contributed by atoms with Gasteiger partial charge in [-0.2, -0.15) is 0 Å². The minimum atomic E-state index is -1.10. The number of hydrogen-bond acceptors (Lipinski definition) is 8. The lowest BCUT2D eigenvalue weighted by molar-refractivity contribution is -0.132. The van der Waals surface area contributed by atoms with Crippen LogP contribution in [0.15, 0.2) is 48.0 Å². The third-order valence-corrected chi connectivity index (χ3v) is 6.89. The first-order valence-electron chi connectivity index (χ1n) is 11.0. The number of halogens is 1. The van der Waals surface area contributed by atoms with Gasteiger partial charge in [0.15, 0.2) is 5.13 Å². The number of aryl methyl sites for hydroxylation is 2. The summed E-state index contributed by atoms with van der Waals surface area (Å²) in [7, 11) is 1.52. The minimum absolute atomic E-state index is 0.0805. The topological polar surface area (TPSA) is 106 Å². The van der Waals surface area contributed by atoms with Crippen molar-refractivity contribution in [1.29, 1.82) is 0 Å². The Kier molecular flexibility index (Phi) is 6.89. The van der Waals surface area contributed by atoms with Gasteiger partial charge >= 0.3 is 11.9 Å². The van der Waals surface area contributed by atoms with Crippen molar-refractivity contribution in [3.8, 4) is 5.75 Å². The number of aliphatic hydroxyl groups is 1. The van der Waals surface area contributed by atoms with E-state index >= 15 is 0 Å². The summed E-state index contributed by atoms with van der Waals surface area (Å²) in [5.74, 6) is -2.76. The van der Waals surface area contributed by atoms with Crippen molar-refractivity contribution in [1.82, 2.24) is 4.98 Å². The second-order valence-corrected chi connectivity index (χ2v) is 9.01. The number of ketones is 1. The number of hydrogen-bond donors (Lipinski definition) is 1. The van der Waals surface area contributed by atoms with Crippen LogP contribution in [-0.2, 0) is 14.3 Å². The lowest BCUT2D eigenvalue weighted by atomic mass is 9.95. The van der Waals surface area contributed by atoms with Gasteiger partial charge in [-0.3, -0.25) is 14.5 Å². The molecule has 1 aliphatic heterocycles. The Balaban J connectivity index is 1.91. The van der Waals surface area contributed by atoms with Gasteiger partial charge in [0.1, 0.15) is 22.2 Å². The van der Waals surface area contributed by atoms with E-state index < -0.39 is 35.3 Å². The summed E-state index contributed by atoms with van der Waals surface area (Å²) >= 11 is 0.902. The number of aliphatic hydroxyl groups excluding tert-OH is 1. The van der Waals surface area contributed by atoms with Crippen LogP contribution in [0.25, 0.3) is 5.76 Å². The van der Waals surface area contributed by atoms with Crippen LogP contribution in [0.1, 0.15) is 45.0 Å². The molecule has 1 amide bonds. The first-order chi connectivity index (χ1) is 17.2. The molecule has 0 radical (unpaired) electrons. The van der Waals surface area contributed by atoms with E-state index in [1.165, 1.54) is 31.4 Å². The second kappa shape index (κ2) is 9.90. The summed E-state index contributed by atoms with van der Waals surface area (Å²) in [6, 6.07) is 9.00. The number of benzene rings is 2. The number of Topliss-reactive ketones (excluding diaryl/α,β-unsaturated/α-hetero) is 1. The highest BCUT2D eigenvalue weighted by Gasteiger charge is 2.48. The van der Waals surface area contributed by atoms with Gasteiger partial charge < -0.3 is 14.6 Å². The molecule has 8 nitrogen and oxygen atoms in total. The monoisotopic (exact) mass is 510 g/mol. The number of aromatic nitrogens is 1. The fourth-order valence-corrected chi connectivity index (χ4v) is 5.03. The van der Waals surface area contributed by atoms with E-state index in [-0.39, 0.29) is 22.2 Å². The number of methoxy groups -OCH3 is 1. The lowest BCUT2D eigenvalue weighted by Gasteiger charge is -2.23. The fourth-order valence-electron chi connectivity index (χ4n) is 4.04. The third-order valence-electron chi connectivity index (χ3n) is 5.75. The number of nitrogens with zero attached hydrogens (tertiary/aromatic N) is 2. The first kappa shape index (κ1) is 25.1. The zero-order chi connectivity index (χ0) is 26.1. The molecule has 1 fully saturated rings. The van der Waals surface area contributed by atoms with Gasteiger partial charge in [0.05, 0.1) is 31.0 Å². The smallest absolute Gasteiger partial charge is 0.350 e. The van der Waals surface area contributed by atoms with E-state index in [1.54, 1.807) is 39.0 Å². The normalized spacial score (nSPS) is 16.9. The number of rotatable bonds is 6. The molecule has 186 valence electrons. The Labute approximate surface area is 210 Å². The zero-order valence-electron chi connectivity index (χ0n) is 20.0. The van der Waals surface area contributed by atoms with Crippen molar-refractivity contribution >= 4 is 39.9 Å². The largest absolute Gasteiger partial charge is 0.507 e. The molecule has 0 spiro atoms. The van der Waals surface area contributed by atoms with Gasteiger partial charge in [-0.05, 0) is 62.2 Å². The molecule has 1 aliphatic rings. The van der Waals surface area contributed by atoms with Crippen molar-refractivity contribution in [3.63, 3.8) is 0 Å². The Morgan fingerprint density at radius 2 is 1.86 bits per heavy atom. The standard InChI is InChI=1S/C26H23FN2O6S/c1-5-35-25(33)23-14(3)28-26(36-23)29-20(15-6-9-17(27)10-7-15)19(22(31)24(29)32)21(30)16-8-11-18(34-4)13(2)12-16/h6-12,20,30H,5H2,1-4H3/b21-19+/t20-/m0/s1. The van der Waals surface area contributed by atoms with Crippen LogP contribution >= 0.6 is 11.3 Å². The van der Waals surface area contributed by atoms with Crippen molar-refractivity contribution in [2.75, 3.05) is 18.6 Å². The SMILES string of the molecule is CCOC(=O)c1sc(N2C(=O)C(=O)/C(=C(/O)c3ccc(OC)c(C)c3)[C@@H]2c2ccc(F)cc2)nc1C. The highest BCUT2D eigenvalue weighted by molar-refractivity contribution is 7.17. The second-order valence-electron chi connectivity index (χ2n) is 8.04. The Morgan fingerprint density at radius 3 is 2.47 bits per heavy atom. The van der Waals surface area contributed by atoms with Crippen LogP contribution in [0.5, 0.6) is 5.75 Å². The number of anilines is 1. The number of ether oxygens (including phenoxy) is 2. The van der Waals surface area contributed by atoms with Crippen LogP contribution in [-0.4, -0.2) is 41.5 Å². The molecule has 4 rings (SSSR count). The summed E-state index contributed by atoms with van der Waals surface area (Å²) in [4.78, 5) is 44.6. The molecule has 2 heterocycles. The molecular formula is C26H23FN2O6S. The molecule has 1 N–H and O–H groups in total. The molecule has 0 aliphatic carbocycles. The number of thiazole rings is 1. The van der Waals surface area contributed by atoms with E-state index in [0.29, 0.717) is 28.1 Å². The summed E-state index contributed by atoms with van der Waals surface area (Å²) < 4.78 is 24.0. The van der Waals surface area contributed by atoms with Crippen molar-refractivity contribution in [2.24, 2.45) is 0 Å². The Hall–Kier alpha value is -4.05. The van der Waals surface area contributed by atoms with Gasteiger partial charge in [0, 0.05) is 5.56 Å². The number of amides is 1.